The molecule has 1 fully saturated rings. The van der Waals surface area contributed by atoms with Crippen molar-refractivity contribution < 1.29 is 33.3 Å². The Bertz CT molecular complexity index is 1090. The highest BCUT2D eigenvalue weighted by atomic mass is 16.5. The highest BCUT2D eigenvalue weighted by Crippen LogP contribution is 2.38. The fourth-order valence-corrected chi connectivity index (χ4v) is 4.41. The van der Waals surface area contributed by atoms with Gasteiger partial charge in [0.05, 0.1) is 28.4 Å². The summed E-state index contributed by atoms with van der Waals surface area (Å²) in [4.78, 5) is 39.7. The zero-order valence-electron chi connectivity index (χ0n) is 22.0. The number of nitrogens with one attached hydrogen (secondary N) is 2. The Kier molecular flexibility index (Phi) is 9.59. The topological polar surface area (TPSA) is 115 Å². The zero-order chi connectivity index (χ0) is 26.9. The Labute approximate surface area is 217 Å². The van der Waals surface area contributed by atoms with Crippen LogP contribution in [-0.4, -0.2) is 76.2 Å². The van der Waals surface area contributed by atoms with Crippen LogP contribution in [0, 0.1) is 0 Å². The van der Waals surface area contributed by atoms with Crippen molar-refractivity contribution >= 4 is 17.7 Å². The van der Waals surface area contributed by atoms with Crippen LogP contribution in [0.5, 0.6) is 23.0 Å². The minimum absolute atomic E-state index is 0.113. The van der Waals surface area contributed by atoms with E-state index >= 15 is 0 Å². The van der Waals surface area contributed by atoms with Crippen LogP contribution in [0.3, 0.4) is 0 Å². The van der Waals surface area contributed by atoms with Crippen molar-refractivity contribution in [2.75, 3.05) is 41.5 Å². The lowest BCUT2D eigenvalue weighted by atomic mass is 10.0. The molecule has 0 bridgehead atoms. The SMILES string of the molecule is COc1cccc(CC(NC(C)=O)C(=O)NC2CCN(C(=O)c3cc(OC)c(OC)c(OC)c3)CC2)c1. The molecule has 2 aromatic carbocycles. The van der Waals surface area contributed by atoms with Crippen LogP contribution in [0.15, 0.2) is 36.4 Å². The first-order valence-electron chi connectivity index (χ1n) is 12.1. The summed E-state index contributed by atoms with van der Waals surface area (Å²) in [6, 6.07) is 9.83. The maximum atomic E-state index is 13.2. The van der Waals surface area contributed by atoms with E-state index in [1.165, 1.54) is 28.3 Å². The van der Waals surface area contributed by atoms with Crippen LogP contribution >= 0.6 is 0 Å². The van der Waals surface area contributed by atoms with E-state index < -0.39 is 6.04 Å². The quantitative estimate of drug-likeness (QED) is 0.500. The molecule has 0 saturated carbocycles. The smallest absolute Gasteiger partial charge is 0.254 e. The Balaban J connectivity index is 1.62. The molecule has 1 unspecified atom stereocenters. The highest BCUT2D eigenvalue weighted by molar-refractivity contribution is 5.95. The largest absolute Gasteiger partial charge is 0.497 e. The third kappa shape index (κ3) is 7.05. The molecule has 10 nitrogen and oxygen atoms in total. The minimum Gasteiger partial charge on any atom is -0.497 e. The molecule has 0 spiro atoms. The number of rotatable bonds is 10. The average Bonchev–Trinajstić information content (AvgIpc) is 2.91. The average molecular weight is 514 g/mol. The van der Waals surface area contributed by atoms with Crippen LogP contribution in [0.1, 0.15) is 35.7 Å². The van der Waals surface area contributed by atoms with Gasteiger partial charge in [-0.2, -0.15) is 0 Å². The first kappa shape index (κ1) is 27.6. The van der Waals surface area contributed by atoms with Crippen LogP contribution in [-0.2, 0) is 16.0 Å². The number of nitrogens with zero attached hydrogens (tertiary/aromatic N) is 1. The van der Waals surface area contributed by atoms with Gasteiger partial charge in [-0.15, -0.1) is 0 Å². The van der Waals surface area contributed by atoms with Gasteiger partial charge in [-0.1, -0.05) is 12.1 Å². The third-order valence-corrected chi connectivity index (χ3v) is 6.31. The molecule has 37 heavy (non-hydrogen) atoms. The summed E-state index contributed by atoms with van der Waals surface area (Å²) in [7, 11) is 6.09. The summed E-state index contributed by atoms with van der Waals surface area (Å²) in [6.07, 6.45) is 1.52. The molecule has 1 atom stereocenters. The Morgan fingerprint density at radius 1 is 0.946 bits per heavy atom. The van der Waals surface area contributed by atoms with Crippen molar-refractivity contribution in [3.8, 4) is 23.0 Å². The molecule has 1 aliphatic heterocycles. The normalized spacial score (nSPS) is 14.4. The van der Waals surface area contributed by atoms with Gasteiger partial charge >= 0.3 is 0 Å². The number of carbonyl (C=O) groups is 3. The van der Waals surface area contributed by atoms with Crippen molar-refractivity contribution in [3.63, 3.8) is 0 Å². The standard InChI is InChI=1S/C27H35N3O7/c1-17(31)28-22(14-18-7-6-8-21(13-18)34-2)26(32)29-20-9-11-30(12-10-20)27(33)19-15-23(35-3)25(37-5)24(16-19)36-4/h6-8,13,15-16,20,22H,9-12,14H2,1-5H3,(H,28,31)(H,29,32). The van der Waals surface area contributed by atoms with Crippen LogP contribution in [0.25, 0.3) is 0 Å². The van der Waals surface area contributed by atoms with Crippen LogP contribution in [0.4, 0.5) is 0 Å². The van der Waals surface area contributed by atoms with Gasteiger partial charge in [-0.05, 0) is 42.7 Å². The number of carbonyl (C=O) groups excluding carboxylic acids is 3. The van der Waals surface area contributed by atoms with Gasteiger partial charge in [-0.3, -0.25) is 14.4 Å². The molecule has 0 aliphatic carbocycles. The van der Waals surface area contributed by atoms with E-state index in [1.807, 2.05) is 24.3 Å². The van der Waals surface area contributed by atoms with Gasteiger partial charge in [0.1, 0.15) is 11.8 Å². The maximum Gasteiger partial charge on any atom is 0.254 e. The number of benzene rings is 2. The first-order valence-corrected chi connectivity index (χ1v) is 12.1. The summed E-state index contributed by atoms with van der Waals surface area (Å²) in [5.74, 6) is 1.23. The molecule has 3 rings (SSSR count). The number of likely N-dealkylation sites (tertiary alicyclic amines) is 1. The van der Waals surface area contributed by atoms with E-state index in [-0.39, 0.29) is 23.8 Å². The molecule has 2 N–H and O–H groups in total. The molecule has 0 radical (unpaired) electrons. The maximum absolute atomic E-state index is 13.2. The minimum atomic E-state index is -0.719. The van der Waals surface area contributed by atoms with E-state index in [0.29, 0.717) is 60.9 Å². The second kappa shape index (κ2) is 12.8. The van der Waals surface area contributed by atoms with Gasteiger partial charge in [0.25, 0.3) is 5.91 Å². The molecule has 10 heteroatoms. The lowest BCUT2D eigenvalue weighted by Crippen LogP contribution is -2.53. The summed E-state index contributed by atoms with van der Waals surface area (Å²) >= 11 is 0. The van der Waals surface area contributed by atoms with E-state index in [2.05, 4.69) is 10.6 Å². The number of ether oxygens (including phenoxy) is 4. The molecule has 3 amide bonds. The van der Waals surface area contributed by atoms with Crippen molar-refractivity contribution in [1.82, 2.24) is 15.5 Å². The van der Waals surface area contributed by atoms with E-state index in [4.69, 9.17) is 18.9 Å². The number of amides is 3. The summed E-state index contributed by atoms with van der Waals surface area (Å²) in [6.45, 7) is 2.33. The Morgan fingerprint density at radius 2 is 1.59 bits per heavy atom. The first-order chi connectivity index (χ1) is 17.8. The molecule has 1 saturated heterocycles. The van der Waals surface area contributed by atoms with Gasteiger partial charge in [0.15, 0.2) is 11.5 Å². The molecular weight excluding hydrogens is 478 g/mol. The highest BCUT2D eigenvalue weighted by Gasteiger charge is 2.28. The molecule has 200 valence electrons. The predicted molar refractivity (Wildman–Crippen MR) is 137 cm³/mol. The van der Waals surface area contributed by atoms with E-state index in [1.54, 1.807) is 24.1 Å². The lowest BCUT2D eigenvalue weighted by molar-refractivity contribution is -0.128. The number of hydrogen-bond acceptors (Lipinski definition) is 7. The van der Waals surface area contributed by atoms with Gasteiger partial charge < -0.3 is 34.5 Å². The van der Waals surface area contributed by atoms with Crippen molar-refractivity contribution in [2.24, 2.45) is 0 Å². The van der Waals surface area contributed by atoms with Gasteiger partial charge in [0, 0.05) is 38.0 Å². The van der Waals surface area contributed by atoms with Crippen LogP contribution in [0.2, 0.25) is 0 Å². The predicted octanol–water partition coefficient (Wildman–Crippen LogP) is 2.19. The molecule has 1 aliphatic rings. The van der Waals surface area contributed by atoms with E-state index in [9.17, 15) is 14.4 Å². The Hall–Kier alpha value is -3.95. The molecule has 2 aromatic rings. The second-order valence-electron chi connectivity index (χ2n) is 8.80. The van der Waals surface area contributed by atoms with Gasteiger partial charge in [-0.25, -0.2) is 0 Å². The summed E-state index contributed by atoms with van der Waals surface area (Å²) in [5, 5.41) is 5.79. The summed E-state index contributed by atoms with van der Waals surface area (Å²) in [5.41, 5.74) is 1.31. The van der Waals surface area contributed by atoms with Crippen molar-refractivity contribution in [3.05, 3.63) is 47.5 Å². The number of hydrogen-bond donors (Lipinski definition) is 2. The fraction of sp³-hybridized carbons (Fsp3) is 0.444. The second-order valence-corrected chi connectivity index (χ2v) is 8.80. The molecule has 1 heterocycles. The van der Waals surface area contributed by atoms with Crippen molar-refractivity contribution in [2.45, 2.75) is 38.3 Å². The molecular formula is C27H35N3O7. The van der Waals surface area contributed by atoms with Gasteiger partial charge in [0.2, 0.25) is 17.6 Å². The third-order valence-electron chi connectivity index (χ3n) is 6.31. The van der Waals surface area contributed by atoms with E-state index in [0.717, 1.165) is 5.56 Å². The lowest BCUT2D eigenvalue weighted by Gasteiger charge is -2.33. The number of methoxy groups -OCH3 is 4. The molecule has 0 aromatic heterocycles. The Morgan fingerprint density at radius 3 is 2.14 bits per heavy atom. The van der Waals surface area contributed by atoms with Crippen molar-refractivity contribution in [1.29, 1.82) is 0 Å². The van der Waals surface area contributed by atoms with Crippen LogP contribution < -0.4 is 29.6 Å². The number of piperidine rings is 1. The zero-order valence-corrected chi connectivity index (χ0v) is 22.0. The monoisotopic (exact) mass is 513 g/mol. The fourth-order valence-electron chi connectivity index (χ4n) is 4.41. The summed E-state index contributed by atoms with van der Waals surface area (Å²) < 4.78 is 21.3.